The fraction of sp³-hybridized carbons (Fsp3) is 0.300. The number of hydrogen-bond donors (Lipinski definition) is 0. The average molecular weight is 365 g/mol. The molecule has 138 valence electrons. The predicted octanol–water partition coefficient (Wildman–Crippen LogP) is 3.43. The molecule has 0 amide bonds. The van der Waals surface area contributed by atoms with E-state index in [1.54, 1.807) is 36.4 Å². The Labute approximate surface area is 156 Å². The summed E-state index contributed by atoms with van der Waals surface area (Å²) in [6, 6.07) is 15.7. The van der Waals surface area contributed by atoms with Crippen LogP contribution in [0.1, 0.15) is 24.0 Å². The van der Waals surface area contributed by atoms with Crippen molar-refractivity contribution in [2.24, 2.45) is 5.92 Å². The molecule has 27 heavy (non-hydrogen) atoms. The third-order valence-electron chi connectivity index (χ3n) is 4.68. The van der Waals surface area contributed by atoms with E-state index in [0.29, 0.717) is 37.2 Å². The van der Waals surface area contributed by atoms with Crippen LogP contribution in [0.15, 0.2) is 48.5 Å². The number of nitro groups is 1. The predicted molar refractivity (Wildman–Crippen MR) is 99.0 cm³/mol. The first kappa shape index (κ1) is 18.4. The molecule has 0 radical (unpaired) electrons. The molecule has 0 aliphatic carbocycles. The number of nitriles is 1. The Balaban J connectivity index is 1.55. The highest BCUT2D eigenvalue weighted by Crippen LogP contribution is 2.31. The highest BCUT2D eigenvalue weighted by Gasteiger charge is 2.28. The number of benzene rings is 2. The first-order valence-corrected chi connectivity index (χ1v) is 8.72. The minimum atomic E-state index is -0.384. The van der Waals surface area contributed by atoms with E-state index >= 15 is 0 Å². The quantitative estimate of drug-likeness (QED) is 0.457. The van der Waals surface area contributed by atoms with Gasteiger partial charge in [-0.1, -0.05) is 24.3 Å². The van der Waals surface area contributed by atoms with Gasteiger partial charge in [0.05, 0.1) is 22.5 Å². The van der Waals surface area contributed by atoms with Crippen LogP contribution in [0.2, 0.25) is 0 Å². The Morgan fingerprint density at radius 3 is 2.67 bits per heavy atom. The summed E-state index contributed by atoms with van der Waals surface area (Å²) in [5.41, 5.74) is 1.97. The zero-order chi connectivity index (χ0) is 19.2. The van der Waals surface area contributed by atoms with Crippen molar-refractivity contribution in [1.82, 2.24) is 0 Å². The number of para-hydroxylation sites is 2. The molecular weight excluding hydrogens is 346 g/mol. The molecule has 0 atom stereocenters. The molecule has 0 N–H and O–H groups in total. The second-order valence-corrected chi connectivity index (χ2v) is 6.43. The highest BCUT2D eigenvalue weighted by molar-refractivity contribution is 5.73. The number of esters is 1. The van der Waals surface area contributed by atoms with E-state index in [0.717, 1.165) is 5.56 Å². The Hall–Kier alpha value is -3.40. The SMILES string of the molecule is N#Cc1cccc(COC(=O)C2CCN(c3ccccc3[N+](=O)[O-])CC2)c1. The van der Waals surface area contributed by atoms with Crippen LogP contribution in [-0.2, 0) is 16.1 Å². The van der Waals surface area contributed by atoms with Gasteiger partial charge >= 0.3 is 5.97 Å². The smallest absolute Gasteiger partial charge is 0.309 e. The van der Waals surface area contributed by atoms with Crippen LogP contribution in [0.4, 0.5) is 11.4 Å². The van der Waals surface area contributed by atoms with E-state index in [-0.39, 0.29) is 29.1 Å². The van der Waals surface area contributed by atoms with E-state index in [2.05, 4.69) is 6.07 Å². The minimum Gasteiger partial charge on any atom is -0.461 e. The number of rotatable bonds is 5. The number of carbonyl (C=O) groups excluding carboxylic acids is 1. The number of carbonyl (C=O) groups is 1. The maximum Gasteiger partial charge on any atom is 0.309 e. The van der Waals surface area contributed by atoms with E-state index in [1.165, 1.54) is 6.07 Å². The van der Waals surface area contributed by atoms with Gasteiger partial charge in [-0.2, -0.15) is 5.26 Å². The zero-order valence-electron chi connectivity index (χ0n) is 14.7. The molecule has 7 heteroatoms. The van der Waals surface area contributed by atoms with Crippen LogP contribution in [-0.4, -0.2) is 24.0 Å². The summed E-state index contributed by atoms with van der Waals surface area (Å²) in [4.78, 5) is 25.1. The molecule has 3 rings (SSSR count). The maximum atomic E-state index is 12.3. The second kappa shape index (κ2) is 8.32. The third-order valence-corrected chi connectivity index (χ3v) is 4.68. The summed E-state index contributed by atoms with van der Waals surface area (Å²) in [5.74, 6) is -0.484. The number of anilines is 1. The fourth-order valence-electron chi connectivity index (χ4n) is 3.25. The van der Waals surface area contributed by atoms with Crippen LogP contribution in [0.3, 0.4) is 0 Å². The molecule has 0 saturated carbocycles. The van der Waals surface area contributed by atoms with Crippen molar-refractivity contribution in [2.45, 2.75) is 19.4 Å². The lowest BCUT2D eigenvalue weighted by Crippen LogP contribution is -2.37. The number of ether oxygens (including phenoxy) is 1. The molecule has 7 nitrogen and oxygen atoms in total. The second-order valence-electron chi connectivity index (χ2n) is 6.43. The number of piperidine rings is 1. The van der Waals surface area contributed by atoms with Crippen molar-refractivity contribution in [2.75, 3.05) is 18.0 Å². The normalized spacial score (nSPS) is 14.4. The van der Waals surface area contributed by atoms with Gasteiger partial charge in [0.15, 0.2) is 0 Å². The van der Waals surface area contributed by atoms with Gasteiger partial charge < -0.3 is 9.64 Å². The van der Waals surface area contributed by atoms with Crippen molar-refractivity contribution in [3.05, 3.63) is 69.8 Å². The van der Waals surface area contributed by atoms with Crippen LogP contribution >= 0.6 is 0 Å². The summed E-state index contributed by atoms with van der Waals surface area (Å²) in [7, 11) is 0. The van der Waals surface area contributed by atoms with Gasteiger partial charge in [0.2, 0.25) is 0 Å². The zero-order valence-corrected chi connectivity index (χ0v) is 14.7. The van der Waals surface area contributed by atoms with Gasteiger partial charge in [-0.15, -0.1) is 0 Å². The molecule has 0 unspecified atom stereocenters. The van der Waals surface area contributed by atoms with Crippen LogP contribution in [0.5, 0.6) is 0 Å². The van der Waals surface area contributed by atoms with E-state index < -0.39 is 0 Å². The van der Waals surface area contributed by atoms with Crippen LogP contribution < -0.4 is 4.90 Å². The first-order chi connectivity index (χ1) is 13.1. The van der Waals surface area contributed by atoms with Gasteiger partial charge in [0.25, 0.3) is 5.69 Å². The first-order valence-electron chi connectivity index (χ1n) is 8.72. The third kappa shape index (κ3) is 4.42. The standard InChI is InChI=1S/C20H19N3O4/c21-13-15-4-3-5-16(12-15)14-27-20(24)17-8-10-22(11-9-17)18-6-1-2-7-19(18)23(25)26/h1-7,12,17H,8-11,14H2. The molecular formula is C20H19N3O4. The van der Waals surface area contributed by atoms with Gasteiger partial charge in [0, 0.05) is 19.2 Å². The fourth-order valence-corrected chi connectivity index (χ4v) is 3.25. The maximum absolute atomic E-state index is 12.3. The lowest BCUT2D eigenvalue weighted by atomic mass is 9.96. The van der Waals surface area contributed by atoms with E-state index in [4.69, 9.17) is 10.00 Å². The molecule has 2 aromatic carbocycles. The lowest BCUT2D eigenvalue weighted by molar-refractivity contribution is -0.384. The molecule has 1 aliphatic heterocycles. The molecule has 2 aromatic rings. The largest absolute Gasteiger partial charge is 0.461 e. The summed E-state index contributed by atoms with van der Waals surface area (Å²) >= 11 is 0. The van der Waals surface area contributed by atoms with Crippen LogP contribution in [0, 0.1) is 27.4 Å². The van der Waals surface area contributed by atoms with Gasteiger partial charge in [-0.25, -0.2) is 0 Å². The monoisotopic (exact) mass is 365 g/mol. The molecule has 1 heterocycles. The molecule has 1 fully saturated rings. The van der Waals surface area contributed by atoms with E-state index in [9.17, 15) is 14.9 Å². The van der Waals surface area contributed by atoms with Gasteiger partial charge in [-0.05, 0) is 36.6 Å². The molecule has 0 spiro atoms. The summed E-state index contributed by atoms with van der Waals surface area (Å²) in [6.45, 7) is 1.27. The minimum absolute atomic E-state index is 0.0795. The lowest BCUT2D eigenvalue weighted by Gasteiger charge is -2.32. The Morgan fingerprint density at radius 2 is 1.96 bits per heavy atom. The Morgan fingerprint density at radius 1 is 1.22 bits per heavy atom. The number of hydrogen-bond acceptors (Lipinski definition) is 6. The highest BCUT2D eigenvalue weighted by atomic mass is 16.6. The number of nitrogens with zero attached hydrogens (tertiary/aromatic N) is 3. The molecule has 1 aliphatic rings. The molecule has 0 aromatic heterocycles. The Bertz CT molecular complexity index is 883. The van der Waals surface area contributed by atoms with Crippen molar-refractivity contribution < 1.29 is 14.5 Å². The molecule has 1 saturated heterocycles. The van der Waals surface area contributed by atoms with E-state index in [1.807, 2.05) is 11.0 Å². The average Bonchev–Trinajstić information content (AvgIpc) is 2.72. The Kier molecular flexibility index (Phi) is 5.67. The van der Waals surface area contributed by atoms with Crippen molar-refractivity contribution in [1.29, 1.82) is 5.26 Å². The van der Waals surface area contributed by atoms with Crippen LogP contribution in [0.25, 0.3) is 0 Å². The number of nitro benzene ring substituents is 1. The molecule has 0 bridgehead atoms. The topological polar surface area (TPSA) is 96.5 Å². The summed E-state index contributed by atoms with van der Waals surface area (Å²) < 4.78 is 5.39. The summed E-state index contributed by atoms with van der Waals surface area (Å²) in [5, 5.41) is 20.1. The summed E-state index contributed by atoms with van der Waals surface area (Å²) in [6.07, 6.45) is 1.17. The van der Waals surface area contributed by atoms with Gasteiger partial charge in [-0.3, -0.25) is 14.9 Å². The van der Waals surface area contributed by atoms with Crippen molar-refractivity contribution in [3.8, 4) is 6.07 Å². The van der Waals surface area contributed by atoms with Gasteiger partial charge in [0.1, 0.15) is 12.3 Å². The van der Waals surface area contributed by atoms with Crippen molar-refractivity contribution >= 4 is 17.3 Å². The van der Waals surface area contributed by atoms with Crippen molar-refractivity contribution in [3.63, 3.8) is 0 Å².